The van der Waals surface area contributed by atoms with E-state index in [4.69, 9.17) is 5.73 Å². The summed E-state index contributed by atoms with van der Waals surface area (Å²) in [6.45, 7) is 0. The van der Waals surface area contributed by atoms with E-state index in [0.717, 1.165) is 11.1 Å². The molecule has 1 heterocycles. The van der Waals surface area contributed by atoms with E-state index >= 15 is 0 Å². The van der Waals surface area contributed by atoms with Gasteiger partial charge in [-0.05, 0) is 0 Å². The number of aromatic amines is 1. The zero-order valence-corrected chi connectivity index (χ0v) is 10.7. The topological polar surface area (TPSA) is 71.8 Å². The minimum atomic E-state index is -0.515. The molecule has 0 saturated carbocycles. The van der Waals surface area contributed by atoms with E-state index in [1.807, 2.05) is 60.7 Å². The molecule has 98 valence electrons. The summed E-state index contributed by atoms with van der Waals surface area (Å²) in [4.78, 5) is 19.1. The molecule has 0 aliphatic rings. The highest BCUT2D eigenvalue weighted by atomic mass is 16.1. The zero-order valence-electron chi connectivity index (χ0n) is 10.7. The molecular formula is C16H13N3O. The highest BCUT2D eigenvalue weighted by Crippen LogP contribution is 2.25. The second kappa shape index (κ2) is 5.01. The second-order valence-electron chi connectivity index (χ2n) is 4.41. The maximum absolute atomic E-state index is 11.6. The summed E-state index contributed by atoms with van der Waals surface area (Å²) in [6.07, 6.45) is 0. The van der Waals surface area contributed by atoms with E-state index in [1.165, 1.54) is 0 Å². The average molecular weight is 263 g/mol. The minimum Gasteiger partial charge on any atom is -0.364 e. The number of aromatic nitrogens is 2. The highest BCUT2D eigenvalue weighted by Gasteiger charge is 2.16. The molecular weight excluding hydrogens is 250 g/mol. The van der Waals surface area contributed by atoms with Gasteiger partial charge >= 0.3 is 0 Å². The van der Waals surface area contributed by atoms with Crippen LogP contribution in [0.5, 0.6) is 0 Å². The number of rotatable bonds is 3. The van der Waals surface area contributed by atoms with Crippen molar-refractivity contribution in [2.75, 3.05) is 0 Å². The molecule has 3 rings (SSSR count). The summed E-state index contributed by atoms with van der Waals surface area (Å²) in [5, 5.41) is 0. The van der Waals surface area contributed by atoms with Gasteiger partial charge in [0.2, 0.25) is 0 Å². The van der Waals surface area contributed by atoms with Crippen molar-refractivity contribution in [2.45, 2.75) is 0 Å². The van der Waals surface area contributed by atoms with Gasteiger partial charge in [0.1, 0.15) is 17.2 Å². The van der Waals surface area contributed by atoms with Crippen molar-refractivity contribution in [1.82, 2.24) is 9.97 Å². The van der Waals surface area contributed by atoms with E-state index in [9.17, 15) is 4.79 Å². The quantitative estimate of drug-likeness (QED) is 0.762. The molecule has 0 spiro atoms. The number of nitrogens with one attached hydrogen (secondary N) is 1. The van der Waals surface area contributed by atoms with E-state index in [-0.39, 0.29) is 0 Å². The Hall–Kier alpha value is -2.88. The summed E-state index contributed by atoms with van der Waals surface area (Å²) in [6, 6.07) is 19.1. The summed E-state index contributed by atoms with van der Waals surface area (Å²) in [7, 11) is 0. The van der Waals surface area contributed by atoms with Crippen LogP contribution in [0.3, 0.4) is 0 Å². The Morgan fingerprint density at radius 3 is 2.00 bits per heavy atom. The lowest BCUT2D eigenvalue weighted by Gasteiger charge is -1.98. The summed E-state index contributed by atoms with van der Waals surface area (Å²) in [5.74, 6) is 0.122. The fraction of sp³-hybridized carbons (Fsp3) is 0. The number of carbonyl (C=O) groups excluding carboxylic acids is 1. The first-order valence-corrected chi connectivity index (χ1v) is 6.26. The van der Waals surface area contributed by atoms with Gasteiger partial charge in [0, 0.05) is 11.1 Å². The number of carbonyl (C=O) groups is 1. The maximum Gasteiger partial charge on any atom is 0.267 e. The van der Waals surface area contributed by atoms with Crippen LogP contribution in [-0.4, -0.2) is 15.9 Å². The first kappa shape index (κ1) is 12.2. The van der Waals surface area contributed by atoms with Gasteiger partial charge in [-0.15, -0.1) is 0 Å². The first-order valence-electron chi connectivity index (χ1n) is 6.26. The molecule has 0 bridgehead atoms. The first-order chi connectivity index (χ1) is 9.75. The molecule has 0 saturated heterocycles. The molecule has 0 atom stereocenters. The largest absolute Gasteiger partial charge is 0.364 e. The molecule has 0 radical (unpaired) electrons. The van der Waals surface area contributed by atoms with Crippen LogP contribution in [0.25, 0.3) is 22.6 Å². The van der Waals surface area contributed by atoms with Crippen LogP contribution in [-0.2, 0) is 0 Å². The van der Waals surface area contributed by atoms with Crippen LogP contribution in [0.1, 0.15) is 10.5 Å². The van der Waals surface area contributed by atoms with Gasteiger partial charge in [0.25, 0.3) is 5.91 Å². The lowest BCUT2D eigenvalue weighted by atomic mass is 10.1. The number of nitrogens with zero attached hydrogens (tertiary/aromatic N) is 1. The van der Waals surface area contributed by atoms with Crippen LogP contribution in [0.4, 0.5) is 0 Å². The smallest absolute Gasteiger partial charge is 0.267 e. The number of H-pyrrole nitrogens is 1. The number of benzene rings is 2. The number of imidazole rings is 1. The van der Waals surface area contributed by atoms with Crippen LogP contribution < -0.4 is 5.73 Å². The SMILES string of the molecule is NC(=O)c1[nH]c(-c2ccccc2)nc1-c1ccccc1. The summed E-state index contributed by atoms with van der Waals surface area (Å²) >= 11 is 0. The fourth-order valence-corrected chi connectivity index (χ4v) is 2.09. The molecule has 1 aromatic heterocycles. The Morgan fingerprint density at radius 2 is 1.45 bits per heavy atom. The number of nitrogens with two attached hydrogens (primary N) is 1. The summed E-state index contributed by atoms with van der Waals surface area (Å²) in [5.41, 5.74) is 8.12. The predicted octanol–water partition coefficient (Wildman–Crippen LogP) is 2.84. The van der Waals surface area contributed by atoms with Crippen LogP contribution in [0.2, 0.25) is 0 Å². The molecule has 0 fully saturated rings. The summed E-state index contributed by atoms with van der Waals surface area (Å²) < 4.78 is 0. The molecule has 1 amide bonds. The Kier molecular flexibility index (Phi) is 3.05. The molecule has 4 heteroatoms. The van der Waals surface area contributed by atoms with E-state index < -0.39 is 5.91 Å². The van der Waals surface area contributed by atoms with Crippen LogP contribution in [0, 0.1) is 0 Å². The number of hydrogen-bond donors (Lipinski definition) is 2. The maximum atomic E-state index is 11.6. The fourth-order valence-electron chi connectivity index (χ4n) is 2.09. The molecule has 0 aliphatic carbocycles. The van der Waals surface area contributed by atoms with Crippen LogP contribution in [0.15, 0.2) is 60.7 Å². The second-order valence-corrected chi connectivity index (χ2v) is 4.41. The van der Waals surface area contributed by atoms with Crippen molar-refractivity contribution < 1.29 is 4.79 Å². The minimum absolute atomic E-state index is 0.329. The Bertz CT molecular complexity index is 733. The van der Waals surface area contributed by atoms with Gasteiger partial charge in [-0.25, -0.2) is 4.98 Å². The Labute approximate surface area is 116 Å². The lowest BCUT2D eigenvalue weighted by Crippen LogP contribution is -2.12. The van der Waals surface area contributed by atoms with Crippen molar-refractivity contribution in [3.8, 4) is 22.6 Å². The van der Waals surface area contributed by atoms with E-state index in [1.54, 1.807) is 0 Å². The Morgan fingerprint density at radius 1 is 0.900 bits per heavy atom. The average Bonchev–Trinajstić information content (AvgIpc) is 2.94. The predicted molar refractivity (Wildman–Crippen MR) is 78.0 cm³/mol. The van der Waals surface area contributed by atoms with Crippen molar-refractivity contribution in [3.05, 3.63) is 66.4 Å². The molecule has 0 unspecified atom stereocenters. The van der Waals surface area contributed by atoms with E-state index in [0.29, 0.717) is 17.2 Å². The lowest BCUT2D eigenvalue weighted by molar-refractivity contribution is 0.0997. The van der Waals surface area contributed by atoms with Crippen molar-refractivity contribution in [2.24, 2.45) is 5.73 Å². The van der Waals surface area contributed by atoms with Gasteiger partial charge in [0.05, 0.1) is 0 Å². The number of primary amides is 1. The van der Waals surface area contributed by atoms with Gasteiger partial charge < -0.3 is 10.7 Å². The standard InChI is InChI=1S/C16H13N3O/c17-15(20)14-13(11-7-3-1-4-8-11)18-16(19-14)12-9-5-2-6-10-12/h1-10H,(H2,17,20)(H,18,19). The molecule has 20 heavy (non-hydrogen) atoms. The van der Waals surface area contributed by atoms with Gasteiger partial charge in [0.15, 0.2) is 0 Å². The third kappa shape index (κ3) is 2.19. The van der Waals surface area contributed by atoms with Crippen molar-refractivity contribution >= 4 is 5.91 Å². The molecule has 4 nitrogen and oxygen atoms in total. The molecule has 0 aliphatic heterocycles. The normalized spacial score (nSPS) is 10.4. The van der Waals surface area contributed by atoms with Crippen LogP contribution >= 0.6 is 0 Å². The third-order valence-electron chi connectivity index (χ3n) is 3.04. The van der Waals surface area contributed by atoms with Gasteiger partial charge in [-0.3, -0.25) is 4.79 Å². The third-order valence-corrected chi connectivity index (χ3v) is 3.04. The monoisotopic (exact) mass is 263 g/mol. The zero-order chi connectivity index (χ0) is 13.9. The van der Waals surface area contributed by atoms with Gasteiger partial charge in [-0.1, -0.05) is 60.7 Å². The van der Waals surface area contributed by atoms with Crippen molar-refractivity contribution in [3.63, 3.8) is 0 Å². The van der Waals surface area contributed by atoms with Crippen molar-refractivity contribution in [1.29, 1.82) is 0 Å². The number of hydrogen-bond acceptors (Lipinski definition) is 2. The highest BCUT2D eigenvalue weighted by molar-refractivity contribution is 5.97. The van der Waals surface area contributed by atoms with Gasteiger partial charge in [-0.2, -0.15) is 0 Å². The van der Waals surface area contributed by atoms with E-state index in [2.05, 4.69) is 9.97 Å². The molecule has 3 aromatic rings. The Balaban J connectivity index is 2.15. The molecule has 3 N–H and O–H groups in total. The number of amides is 1. The molecule has 2 aromatic carbocycles.